The van der Waals surface area contributed by atoms with Crippen molar-refractivity contribution in [1.29, 1.82) is 0 Å². The molecule has 0 saturated heterocycles. The molecule has 0 spiro atoms. The van der Waals surface area contributed by atoms with Crippen LogP contribution >= 0.6 is 0 Å². The van der Waals surface area contributed by atoms with Crippen molar-refractivity contribution in [3.63, 3.8) is 0 Å². The molecular weight excluding hydrogens is 416 g/mol. The Bertz CT molecular complexity index is 1250. The number of imidazole rings is 1. The molecule has 4 aromatic rings. The van der Waals surface area contributed by atoms with Gasteiger partial charge in [0, 0.05) is 18.3 Å². The summed E-state index contributed by atoms with van der Waals surface area (Å²) in [6, 6.07) is 19.1. The van der Waals surface area contributed by atoms with Crippen LogP contribution in [0.3, 0.4) is 0 Å². The zero-order chi connectivity index (χ0) is 23.2. The highest BCUT2D eigenvalue weighted by Gasteiger charge is 2.13. The van der Waals surface area contributed by atoms with E-state index in [9.17, 15) is 4.79 Å². The number of nitrogen functional groups attached to an aromatic ring is 1. The maximum atomic E-state index is 11.9. The number of hydrogen-bond acceptors (Lipinski definition) is 6. The summed E-state index contributed by atoms with van der Waals surface area (Å²) in [4.78, 5) is 20.7. The number of esters is 1. The molecule has 170 valence electrons. The van der Waals surface area contributed by atoms with E-state index < -0.39 is 5.97 Å². The Morgan fingerprint density at radius 3 is 2.76 bits per heavy atom. The summed E-state index contributed by atoms with van der Waals surface area (Å²) in [5.41, 5.74) is 10.1. The lowest BCUT2D eigenvalue weighted by Crippen LogP contribution is -2.11. The first kappa shape index (κ1) is 22.3. The molecular formula is C26H28N4O3. The number of carbonyl (C=O) groups excluding carboxylic acids is 1. The van der Waals surface area contributed by atoms with Crippen LogP contribution in [0.25, 0.3) is 22.3 Å². The van der Waals surface area contributed by atoms with Crippen LogP contribution in [0.2, 0.25) is 0 Å². The molecule has 1 atom stereocenters. The number of methoxy groups -OCH3 is 1. The number of rotatable bonds is 9. The fourth-order valence-corrected chi connectivity index (χ4v) is 3.93. The number of nitrogens with two attached hydrogens (primary N) is 1. The average Bonchev–Trinajstić information content (AvgIpc) is 3.16. The summed E-state index contributed by atoms with van der Waals surface area (Å²) in [6.45, 7) is 3.61. The van der Waals surface area contributed by atoms with Gasteiger partial charge in [-0.2, -0.15) is 0 Å². The fraction of sp³-hybridized carbons (Fsp3) is 0.269. The van der Waals surface area contributed by atoms with E-state index in [1.165, 1.54) is 7.11 Å². The normalized spacial score (nSPS) is 11.9. The van der Waals surface area contributed by atoms with Gasteiger partial charge in [0.2, 0.25) is 5.95 Å². The second-order valence-electron chi connectivity index (χ2n) is 8.08. The molecule has 0 aliphatic rings. The lowest BCUT2D eigenvalue weighted by Gasteiger charge is -2.15. The van der Waals surface area contributed by atoms with Gasteiger partial charge in [-0.25, -0.2) is 9.78 Å². The third-order valence-corrected chi connectivity index (χ3v) is 5.62. The predicted molar refractivity (Wildman–Crippen MR) is 129 cm³/mol. The van der Waals surface area contributed by atoms with Crippen LogP contribution in [0.15, 0.2) is 66.9 Å². The predicted octanol–water partition coefficient (Wildman–Crippen LogP) is 4.96. The summed E-state index contributed by atoms with van der Waals surface area (Å²) in [5, 5.41) is 0. The summed E-state index contributed by atoms with van der Waals surface area (Å²) < 4.78 is 13.0. The molecule has 2 N–H and O–H groups in total. The first-order chi connectivity index (χ1) is 16.1. The molecule has 2 heterocycles. The number of hydrogen-bond donors (Lipinski definition) is 1. The Morgan fingerprint density at radius 2 is 1.91 bits per heavy atom. The topological polar surface area (TPSA) is 92.3 Å². The molecule has 0 saturated carbocycles. The number of pyridine rings is 1. The maximum Gasteiger partial charge on any atom is 0.337 e. The number of nitrogens with zero attached hydrogens (tertiary/aromatic N) is 3. The first-order valence-electron chi connectivity index (χ1n) is 11.0. The first-order valence-corrected chi connectivity index (χ1v) is 11.0. The SMILES string of the molecule is COC(=O)c1ccnc(-c2ccccc2OCCC[C@@H](C)Cn2c(N)nc3ccccc32)c1. The highest BCUT2D eigenvalue weighted by Crippen LogP contribution is 2.29. The standard InChI is InChI=1S/C26H28N4O3/c1-18(17-30-23-11-5-4-10-21(23)29-26(30)27)8-7-15-33-24-12-6-3-9-20(24)22-16-19(13-14-28-22)25(31)32-2/h3-6,9-14,16,18H,7-8,15,17H2,1-2H3,(H2,27,29)/t18-/m1/s1. The zero-order valence-electron chi connectivity index (χ0n) is 18.9. The van der Waals surface area contributed by atoms with E-state index in [1.54, 1.807) is 18.3 Å². The number of ether oxygens (including phenoxy) is 2. The molecule has 0 bridgehead atoms. The Balaban J connectivity index is 1.36. The van der Waals surface area contributed by atoms with E-state index >= 15 is 0 Å². The van der Waals surface area contributed by atoms with Crippen LogP contribution in [-0.4, -0.2) is 34.2 Å². The van der Waals surface area contributed by atoms with Crippen molar-refractivity contribution in [1.82, 2.24) is 14.5 Å². The van der Waals surface area contributed by atoms with Gasteiger partial charge in [-0.05, 0) is 55.2 Å². The minimum atomic E-state index is -0.391. The average molecular weight is 445 g/mol. The van der Waals surface area contributed by atoms with E-state index in [0.29, 0.717) is 29.7 Å². The van der Waals surface area contributed by atoms with E-state index in [1.807, 2.05) is 42.5 Å². The highest BCUT2D eigenvalue weighted by atomic mass is 16.5. The Hall–Kier alpha value is -3.87. The maximum absolute atomic E-state index is 11.9. The van der Waals surface area contributed by atoms with Gasteiger partial charge >= 0.3 is 5.97 Å². The number of anilines is 1. The van der Waals surface area contributed by atoms with Crippen molar-refractivity contribution in [3.05, 3.63) is 72.4 Å². The smallest absolute Gasteiger partial charge is 0.337 e. The molecule has 0 amide bonds. The number of aromatic nitrogens is 3. The van der Waals surface area contributed by atoms with Crippen molar-refractivity contribution >= 4 is 23.0 Å². The summed E-state index contributed by atoms with van der Waals surface area (Å²) in [5.74, 6) is 1.32. The molecule has 0 radical (unpaired) electrons. The van der Waals surface area contributed by atoms with Gasteiger partial charge in [-0.15, -0.1) is 0 Å². The summed E-state index contributed by atoms with van der Waals surface area (Å²) >= 11 is 0. The minimum Gasteiger partial charge on any atom is -0.493 e. The molecule has 0 aliphatic heterocycles. The van der Waals surface area contributed by atoms with Crippen molar-refractivity contribution < 1.29 is 14.3 Å². The third kappa shape index (κ3) is 5.14. The Kier molecular flexibility index (Phi) is 6.88. The van der Waals surface area contributed by atoms with E-state index in [-0.39, 0.29) is 0 Å². The van der Waals surface area contributed by atoms with Crippen molar-refractivity contribution in [3.8, 4) is 17.0 Å². The van der Waals surface area contributed by atoms with Crippen LogP contribution in [0.1, 0.15) is 30.1 Å². The molecule has 2 aromatic carbocycles. The van der Waals surface area contributed by atoms with Gasteiger partial charge in [0.1, 0.15) is 5.75 Å². The van der Waals surface area contributed by atoms with Crippen molar-refractivity contribution in [2.45, 2.75) is 26.3 Å². The van der Waals surface area contributed by atoms with Crippen LogP contribution in [-0.2, 0) is 11.3 Å². The number of carbonyl (C=O) groups is 1. The molecule has 7 nitrogen and oxygen atoms in total. The van der Waals surface area contributed by atoms with Gasteiger partial charge in [-0.3, -0.25) is 4.98 Å². The van der Waals surface area contributed by atoms with Crippen LogP contribution in [0, 0.1) is 5.92 Å². The highest BCUT2D eigenvalue weighted by molar-refractivity contribution is 5.90. The van der Waals surface area contributed by atoms with Gasteiger partial charge in [0.25, 0.3) is 0 Å². The quantitative estimate of drug-likeness (QED) is 0.290. The van der Waals surface area contributed by atoms with E-state index in [2.05, 4.69) is 27.5 Å². The third-order valence-electron chi connectivity index (χ3n) is 5.62. The van der Waals surface area contributed by atoms with Crippen molar-refractivity contribution in [2.75, 3.05) is 19.5 Å². The summed E-state index contributed by atoms with van der Waals surface area (Å²) in [7, 11) is 1.37. The molecule has 0 aliphatic carbocycles. The second-order valence-corrected chi connectivity index (χ2v) is 8.08. The van der Waals surface area contributed by atoms with Crippen LogP contribution < -0.4 is 10.5 Å². The largest absolute Gasteiger partial charge is 0.493 e. The van der Waals surface area contributed by atoms with Crippen LogP contribution in [0.4, 0.5) is 5.95 Å². The lowest BCUT2D eigenvalue weighted by molar-refractivity contribution is 0.0600. The van der Waals surface area contributed by atoms with Crippen molar-refractivity contribution in [2.24, 2.45) is 5.92 Å². The number of fused-ring (bicyclic) bond motifs is 1. The molecule has 0 fully saturated rings. The van der Waals surface area contributed by atoms with Gasteiger partial charge < -0.3 is 19.8 Å². The summed E-state index contributed by atoms with van der Waals surface area (Å²) in [6.07, 6.45) is 3.49. The molecule has 4 rings (SSSR count). The molecule has 33 heavy (non-hydrogen) atoms. The molecule has 2 aromatic heterocycles. The van der Waals surface area contributed by atoms with E-state index in [4.69, 9.17) is 15.2 Å². The van der Waals surface area contributed by atoms with Gasteiger partial charge in [0.05, 0.1) is 36.0 Å². The lowest BCUT2D eigenvalue weighted by atomic mass is 10.1. The number of para-hydroxylation sites is 3. The van der Waals surface area contributed by atoms with Gasteiger partial charge in [-0.1, -0.05) is 31.2 Å². The molecule has 7 heteroatoms. The van der Waals surface area contributed by atoms with Crippen LogP contribution in [0.5, 0.6) is 5.75 Å². The number of benzene rings is 2. The van der Waals surface area contributed by atoms with E-state index in [0.717, 1.165) is 41.7 Å². The monoisotopic (exact) mass is 444 g/mol. The zero-order valence-corrected chi connectivity index (χ0v) is 18.9. The minimum absolute atomic E-state index is 0.391. The Morgan fingerprint density at radius 1 is 1.12 bits per heavy atom. The fourth-order valence-electron chi connectivity index (χ4n) is 3.93. The second kappa shape index (κ2) is 10.2. The Labute approximate surface area is 193 Å². The van der Waals surface area contributed by atoms with Gasteiger partial charge in [0.15, 0.2) is 0 Å². The molecule has 0 unspecified atom stereocenters.